The minimum Gasteiger partial charge on any atom is -0.497 e. The number of aromatic nitrogens is 1. The molecule has 3 aromatic carbocycles. The number of methoxy groups -OCH3 is 1. The van der Waals surface area contributed by atoms with E-state index in [4.69, 9.17) is 15.6 Å². The molecule has 0 saturated heterocycles. The first-order valence-corrected chi connectivity index (χ1v) is 22.0. The lowest BCUT2D eigenvalue weighted by molar-refractivity contribution is -0.140. The predicted molar refractivity (Wildman–Crippen MR) is 235 cm³/mol. The molecule has 0 bridgehead atoms. The van der Waals surface area contributed by atoms with E-state index in [1.807, 2.05) is 4.72 Å². The van der Waals surface area contributed by atoms with Crippen molar-refractivity contribution in [1.82, 2.24) is 36.3 Å². The van der Waals surface area contributed by atoms with E-state index in [0.717, 1.165) is 24.3 Å². The molecule has 0 saturated carbocycles. The molecule has 25 heteroatoms. The van der Waals surface area contributed by atoms with Crippen LogP contribution in [0.15, 0.2) is 83.9 Å². The van der Waals surface area contributed by atoms with Gasteiger partial charge in [-0.1, -0.05) is 30.3 Å². The quantitative estimate of drug-likeness (QED) is 0.0348. The topological polar surface area (TPSA) is 372 Å². The first-order chi connectivity index (χ1) is 32.1. The largest absolute Gasteiger partial charge is 0.497 e. The number of halogens is 1. The Kier molecular flexibility index (Phi) is 19.0. The molecular weight excluding hydrogens is 920 g/mol. The van der Waals surface area contributed by atoms with E-state index in [0.29, 0.717) is 16.5 Å². The van der Waals surface area contributed by atoms with Gasteiger partial charge in [0.15, 0.2) is 0 Å². The predicted octanol–water partition coefficient (Wildman–Crippen LogP) is -0.807. The van der Waals surface area contributed by atoms with Crippen LogP contribution in [0.25, 0.3) is 10.9 Å². The van der Waals surface area contributed by atoms with Crippen LogP contribution >= 0.6 is 0 Å². The lowest BCUT2D eigenvalue weighted by Gasteiger charge is -2.25. The number of primary amides is 1. The number of benzene rings is 3. The maximum atomic E-state index is 14.3. The molecule has 68 heavy (non-hydrogen) atoms. The van der Waals surface area contributed by atoms with E-state index < -0.39 is 138 Å². The fourth-order valence-electron chi connectivity index (χ4n) is 6.65. The third-order valence-electron chi connectivity index (χ3n) is 10.1. The summed E-state index contributed by atoms with van der Waals surface area (Å²) in [4.78, 5) is 117. The second-order valence-electron chi connectivity index (χ2n) is 15.1. The molecule has 0 radical (unpaired) electrons. The molecule has 364 valence electrons. The van der Waals surface area contributed by atoms with Gasteiger partial charge in [0.1, 0.15) is 41.8 Å². The van der Waals surface area contributed by atoms with Crippen LogP contribution in [0.2, 0.25) is 0 Å². The van der Waals surface area contributed by atoms with Crippen molar-refractivity contribution >= 4 is 74.3 Å². The second kappa shape index (κ2) is 24.6. The Balaban J connectivity index is 1.55. The first-order valence-electron chi connectivity index (χ1n) is 20.5. The molecule has 1 heterocycles. The number of carboxylic acid groups (broad SMARTS) is 3. The summed E-state index contributed by atoms with van der Waals surface area (Å²) in [5, 5.41) is 40.2. The van der Waals surface area contributed by atoms with E-state index in [1.54, 1.807) is 30.5 Å². The molecule has 5 atom stereocenters. The fourth-order valence-corrected chi connectivity index (χ4v) is 7.85. The third-order valence-corrected chi connectivity index (χ3v) is 11.6. The van der Waals surface area contributed by atoms with Gasteiger partial charge in [-0.2, -0.15) is 4.72 Å². The number of ether oxygens (including phenoxy) is 1. The zero-order chi connectivity index (χ0) is 50.1. The molecule has 0 aliphatic carbocycles. The van der Waals surface area contributed by atoms with E-state index in [-0.39, 0.29) is 29.1 Å². The Hall–Kier alpha value is -7.93. The molecule has 0 fully saturated rings. The summed E-state index contributed by atoms with van der Waals surface area (Å²) in [5.41, 5.74) is 6.81. The number of fused-ring (bicyclic) bond motifs is 1. The number of amides is 6. The molecule has 0 spiro atoms. The Bertz CT molecular complexity index is 2630. The molecule has 0 aliphatic rings. The average molecular weight is 969 g/mol. The molecule has 6 amide bonds. The highest BCUT2D eigenvalue weighted by molar-refractivity contribution is 7.89. The SMILES string of the molecule is COc1ccc(S(=O)(=O)N[C@@H](CC(=O)O)C(=O)N[C@@H](CCC(=O)O)C(=O)NCC(=O)N[C@@H](Cc2cccc(F)c2)C(=O)N[C@@H](Cc2c[nH]c3ccccc23)C(=O)N[C@@H](CCC(=O)O)C(N)=O)cc1. The molecule has 0 unspecified atom stereocenters. The van der Waals surface area contributed by atoms with Crippen LogP contribution in [0.1, 0.15) is 43.2 Å². The molecule has 4 aromatic rings. The number of aromatic amines is 1. The summed E-state index contributed by atoms with van der Waals surface area (Å²) in [5.74, 6) is -11.4. The molecule has 1 aromatic heterocycles. The number of aliphatic carboxylic acids is 3. The van der Waals surface area contributed by atoms with Crippen LogP contribution in [0.3, 0.4) is 0 Å². The van der Waals surface area contributed by atoms with Crippen molar-refractivity contribution in [2.45, 2.75) is 80.1 Å². The van der Waals surface area contributed by atoms with Gasteiger partial charge in [0.2, 0.25) is 45.5 Å². The van der Waals surface area contributed by atoms with E-state index in [1.165, 1.54) is 31.4 Å². The van der Waals surface area contributed by atoms with Gasteiger partial charge in [0.25, 0.3) is 0 Å². The number of carbonyl (C=O) groups is 9. The monoisotopic (exact) mass is 968 g/mol. The lowest BCUT2D eigenvalue weighted by atomic mass is 10.0. The second-order valence-corrected chi connectivity index (χ2v) is 16.8. The number of nitrogens with one attached hydrogen (secondary N) is 7. The summed E-state index contributed by atoms with van der Waals surface area (Å²) in [6, 6.07) is 8.29. The van der Waals surface area contributed by atoms with Gasteiger partial charge in [-0.3, -0.25) is 43.2 Å². The molecular formula is C43H49FN8O15S. The number of H-pyrrole nitrogens is 1. The summed E-state index contributed by atoms with van der Waals surface area (Å²) in [6.45, 7) is -0.947. The zero-order valence-corrected chi connectivity index (χ0v) is 37.0. The van der Waals surface area contributed by atoms with Gasteiger partial charge < -0.3 is 57.4 Å². The fraction of sp³-hybridized carbons (Fsp3) is 0.326. The Morgan fingerprint density at radius 2 is 1.28 bits per heavy atom. The lowest BCUT2D eigenvalue weighted by Crippen LogP contribution is -2.58. The third kappa shape index (κ3) is 16.2. The van der Waals surface area contributed by atoms with Crippen molar-refractivity contribution in [2.24, 2.45) is 5.73 Å². The first kappa shape index (κ1) is 52.7. The Labute approximate surface area is 386 Å². The number of para-hydroxylation sites is 1. The van der Waals surface area contributed by atoms with Crippen LogP contribution in [0.4, 0.5) is 4.39 Å². The Morgan fingerprint density at radius 3 is 1.88 bits per heavy atom. The number of hydrogen-bond donors (Lipinski definition) is 11. The van der Waals surface area contributed by atoms with Crippen molar-refractivity contribution in [1.29, 1.82) is 0 Å². The highest BCUT2D eigenvalue weighted by Gasteiger charge is 2.33. The van der Waals surface area contributed by atoms with Crippen molar-refractivity contribution < 1.29 is 76.0 Å². The molecule has 23 nitrogen and oxygen atoms in total. The van der Waals surface area contributed by atoms with E-state index in [2.05, 4.69) is 31.6 Å². The molecule has 4 rings (SSSR count). The van der Waals surface area contributed by atoms with E-state index in [9.17, 15) is 66.2 Å². The highest BCUT2D eigenvalue weighted by atomic mass is 32.2. The summed E-state index contributed by atoms with van der Waals surface area (Å²) in [7, 11) is -3.23. The number of rotatable bonds is 27. The van der Waals surface area contributed by atoms with Gasteiger partial charge >= 0.3 is 17.9 Å². The van der Waals surface area contributed by atoms with Gasteiger partial charge in [-0.15, -0.1) is 0 Å². The average Bonchev–Trinajstić information content (AvgIpc) is 3.69. The van der Waals surface area contributed by atoms with Crippen LogP contribution < -0.4 is 41.8 Å². The van der Waals surface area contributed by atoms with Crippen LogP contribution in [0, 0.1) is 5.82 Å². The molecule has 0 aliphatic heterocycles. The highest BCUT2D eigenvalue weighted by Crippen LogP contribution is 2.20. The summed E-state index contributed by atoms with van der Waals surface area (Å²) >= 11 is 0. The smallest absolute Gasteiger partial charge is 0.305 e. The van der Waals surface area contributed by atoms with Gasteiger partial charge in [-0.25, -0.2) is 12.8 Å². The maximum Gasteiger partial charge on any atom is 0.305 e. The van der Waals surface area contributed by atoms with Crippen LogP contribution in [0.5, 0.6) is 5.75 Å². The van der Waals surface area contributed by atoms with Gasteiger partial charge in [0, 0.05) is 42.8 Å². The zero-order valence-electron chi connectivity index (χ0n) is 36.2. The number of carboxylic acids is 3. The van der Waals surface area contributed by atoms with Crippen molar-refractivity contribution in [3.05, 3.63) is 95.9 Å². The number of nitrogens with two attached hydrogens (primary N) is 1. The minimum absolute atomic E-state index is 0.185. The number of sulfonamides is 1. The normalized spacial score (nSPS) is 13.4. The van der Waals surface area contributed by atoms with Gasteiger partial charge in [0.05, 0.1) is 25.0 Å². The van der Waals surface area contributed by atoms with Crippen molar-refractivity contribution in [3.8, 4) is 5.75 Å². The van der Waals surface area contributed by atoms with Crippen LogP contribution in [-0.4, -0.2) is 126 Å². The van der Waals surface area contributed by atoms with Gasteiger partial charge in [-0.05, 0) is 66.4 Å². The van der Waals surface area contributed by atoms with Crippen molar-refractivity contribution in [3.63, 3.8) is 0 Å². The van der Waals surface area contributed by atoms with Crippen LogP contribution in [-0.2, 0) is 66.0 Å². The maximum absolute atomic E-state index is 14.3. The van der Waals surface area contributed by atoms with Crippen molar-refractivity contribution in [2.75, 3.05) is 13.7 Å². The van der Waals surface area contributed by atoms with E-state index >= 15 is 0 Å². The molecule has 12 N–H and O–H groups in total. The number of hydrogen-bond acceptors (Lipinski definition) is 12. The summed E-state index contributed by atoms with van der Waals surface area (Å²) < 4.78 is 47.5. The Morgan fingerprint density at radius 1 is 0.691 bits per heavy atom. The summed E-state index contributed by atoms with van der Waals surface area (Å²) in [6.07, 6.45) is -2.47. The number of carbonyl (C=O) groups excluding carboxylic acids is 6. The minimum atomic E-state index is -4.56. The standard InChI is InChI=1S/C43H49FN8O15S/c1-67-26-9-11-27(12-10-26)68(65,66)52-34(20-38(58)59)43(64)50-31(14-16-37(56)57)40(61)47-22-35(53)48-32(18-23-5-4-6-25(44)17-23)41(62)51-33(19-24-21-46-29-8-3-2-7-28(24)29)42(63)49-30(39(45)60)13-15-36(54)55/h2-12,17,21,30-34,46,52H,13-16,18-20,22H2,1H3,(H2,45,60)(H,47,61)(H,48,53)(H,49,63)(H,50,64)(H,51,62)(H,54,55)(H,56,57)(H,58,59)/t30-,31-,32-,33-,34-/m0/s1.